The predicted octanol–water partition coefficient (Wildman–Crippen LogP) is 4.88. The first kappa shape index (κ1) is 24.7. The van der Waals surface area contributed by atoms with Gasteiger partial charge in [-0.25, -0.2) is 13.4 Å². The van der Waals surface area contributed by atoms with E-state index in [1.54, 1.807) is 10.6 Å². The van der Waals surface area contributed by atoms with E-state index in [0.717, 1.165) is 31.9 Å². The van der Waals surface area contributed by atoms with Crippen molar-refractivity contribution in [3.05, 3.63) is 28.2 Å². The average molecular weight is 474 g/mol. The Labute approximate surface area is 192 Å². The number of nitrogens with zero attached hydrogens (tertiary/aromatic N) is 3. The van der Waals surface area contributed by atoms with Crippen LogP contribution in [-0.4, -0.2) is 37.3 Å². The summed E-state index contributed by atoms with van der Waals surface area (Å²) in [6.45, 7) is 13.5. The number of rotatable bonds is 5. The van der Waals surface area contributed by atoms with Crippen molar-refractivity contribution in [1.82, 2.24) is 14.5 Å². The summed E-state index contributed by atoms with van der Waals surface area (Å²) < 4.78 is 25.9. The Morgan fingerprint density at radius 3 is 2.12 bits per heavy atom. The molecule has 1 aliphatic carbocycles. The molecule has 2 aromatic heterocycles. The summed E-state index contributed by atoms with van der Waals surface area (Å²) in [6, 6.07) is 1.63. The molecule has 3 rings (SSSR count). The van der Waals surface area contributed by atoms with Gasteiger partial charge in [0.2, 0.25) is 15.0 Å². The topological polar surface area (TPSA) is 81.9 Å². The minimum Gasteiger partial charge on any atom is -0.289 e. The van der Waals surface area contributed by atoms with Crippen LogP contribution in [0.1, 0.15) is 78.8 Å². The van der Waals surface area contributed by atoms with Crippen LogP contribution < -0.4 is 5.56 Å². The fraction of sp³-hybridized carbons (Fsp3) is 0.625. The molecule has 0 aliphatic heterocycles. The number of fused-ring (bicyclic) bond motifs is 1. The molecule has 0 N–H and O–H groups in total. The normalized spacial score (nSPS) is 15.7. The summed E-state index contributed by atoms with van der Waals surface area (Å²) >= 11 is 0. The summed E-state index contributed by atoms with van der Waals surface area (Å²) in [5.41, 5.74) is 5.88. The van der Waals surface area contributed by atoms with Crippen LogP contribution in [0.5, 0.6) is 0 Å². The van der Waals surface area contributed by atoms with Gasteiger partial charge in [-0.1, -0.05) is 60.3 Å². The van der Waals surface area contributed by atoms with Crippen molar-refractivity contribution in [3.8, 4) is 11.5 Å². The molecule has 0 spiro atoms. The monoisotopic (exact) mass is 473 g/mol. The van der Waals surface area contributed by atoms with Crippen LogP contribution in [-0.2, 0) is 9.84 Å². The van der Waals surface area contributed by atoms with Crippen molar-refractivity contribution >= 4 is 28.9 Å². The highest BCUT2D eigenvalue weighted by atomic mass is 32.2. The number of aromatic nitrogens is 3. The molecule has 0 aromatic carbocycles. The number of hydrogen-bond donors (Lipinski definition) is 0. The first-order valence-corrected chi connectivity index (χ1v) is 15.7. The van der Waals surface area contributed by atoms with Crippen molar-refractivity contribution < 1.29 is 8.42 Å². The van der Waals surface area contributed by atoms with Crippen LogP contribution in [0.25, 0.3) is 11.0 Å². The molecule has 32 heavy (non-hydrogen) atoms. The van der Waals surface area contributed by atoms with Crippen molar-refractivity contribution in [2.24, 2.45) is 0 Å². The summed E-state index contributed by atoms with van der Waals surface area (Å²) in [5, 5.41) is 0.395. The lowest BCUT2D eigenvalue weighted by Crippen LogP contribution is -2.43. The van der Waals surface area contributed by atoms with Crippen molar-refractivity contribution in [1.29, 1.82) is 0 Å². The van der Waals surface area contributed by atoms with E-state index in [2.05, 4.69) is 63.0 Å². The molecular formula is C24H35N3O3SSi. The van der Waals surface area contributed by atoms with Crippen LogP contribution in [0.2, 0.25) is 16.6 Å². The van der Waals surface area contributed by atoms with E-state index in [-0.39, 0.29) is 16.8 Å². The fourth-order valence-corrected chi connectivity index (χ4v) is 11.2. The number of sulfone groups is 1. The first-order chi connectivity index (χ1) is 14.9. The van der Waals surface area contributed by atoms with Gasteiger partial charge in [-0.3, -0.25) is 9.36 Å². The smallest absolute Gasteiger partial charge is 0.253 e. The lowest BCUT2D eigenvalue weighted by atomic mass is 10.1. The van der Waals surface area contributed by atoms with E-state index in [1.807, 2.05) is 0 Å². The molecule has 1 saturated carbocycles. The van der Waals surface area contributed by atoms with Crippen molar-refractivity contribution in [2.45, 2.75) is 95.0 Å². The summed E-state index contributed by atoms with van der Waals surface area (Å²) in [6.07, 6.45) is 6.50. The summed E-state index contributed by atoms with van der Waals surface area (Å²) in [5.74, 6) is 3.36. The minimum atomic E-state index is -3.60. The Balaban J connectivity index is 2.32. The zero-order valence-electron chi connectivity index (χ0n) is 20.3. The second kappa shape index (κ2) is 9.10. The van der Waals surface area contributed by atoms with Gasteiger partial charge in [0.1, 0.15) is 13.7 Å². The second-order valence-electron chi connectivity index (χ2n) is 10.0. The first-order valence-electron chi connectivity index (χ1n) is 11.5. The van der Waals surface area contributed by atoms with Gasteiger partial charge in [0, 0.05) is 30.1 Å². The van der Waals surface area contributed by atoms with E-state index in [1.165, 1.54) is 6.20 Å². The Bertz CT molecular complexity index is 1210. The third-order valence-electron chi connectivity index (χ3n) is 7.07. The SMILES string of the molecule is CC(C)[Si](C#Cc1cc(=O)n(C2CCCC2)c2nc(S(C)(=O)=O)ncc12)(C(C)C)C(C)C. The molecule has 0 atom stereocenters. The van der Waals surface area contributed by atoms with Crippen LogP contribution in [0.15, 0.2) is 22.2 Å². The van der Waals surface area contributed by atoms with Crippen LogP contribution in [0.4, 0.5) is 0 Å². The molecule has 174 valence electrons. The van der Waals surface area contributed by atoms with Gasteiger partial charge in [0.25, 0.3) is 5.56 Å². The van der Waals surface area contributed by atoms with Gasteiger partial charge in [-0.05, 0) is 29.5 Å². The van der Waals surface area contributed by atoms with Crippen LogP contribution in [0, 0.1) is 11.5 Å². The largest absolute Gasteiger partial charge is 0.289 e. The van der Waals surface area contributed by atoms with E-state index in [0.29, 0.717) is 33.2 Å². The van der Waals surface area contributed by atoms with Crippen molar-refractivity contribution in [2.75, 3.05) is 6.26 Å². The molecule has 0 amide bonds. The molecule has 2 heterocycles. The number of hydrogen-bond acceptors (Lipinski definition) is 5. The van der Waals surface area contributed by atoms with E-state index < -0.39 is 17.9 Å². The third kappa shape index (κ3) is 4.42. The summed E-state index contributed by atoms with van der Waals surface area (Å²) in [4.78, 5) is 21.7. The highest BCUT2D eigenvalue weighted by molar-refractivity contribution is 7.90. The average Bonchev–Trinajstić information content (AvgIpc) is 3.20. The predicted molar refractivity (Wildman–Crippen MR) is 132 cm³/mol. The van der Waals surface area contributed by atoms with Crippen molar-refractivity contribution in [3.63, 3.8) is 0 Å². The highest BCUT2D eigenvalue weighted by Gasteiger charge is 2.41. The second-order valence-corrected chi connectivity index (χ2v) is 17.5. The van der Waals surface area contributed by atoms with Crippen LogP contribution in [0.3, 0.4) is 0 Å². The standard InChI is InChI=1S/C24H35N3O3SSi/c1-16(2)32(17(3)4,18(5)6)13-12-19-14-22(28)27(20-10-8-9-11-20)23-21(19)15-25-24(26-23)31(7,29)30/h14-18,20H,8-11H2,1-7H3. The maximum Gasteiger partial charge on any atom is 0.253 e. The molecule has 0 unspecified atom stereocenters. The highest BCUT2D eigenvalue weighted by Crippen LogP contribution is 2.41. The molecule has 2 aromatic rings. The summed E-state index contributed by atoms with van der Waals surface area (Å²) in [7, 11) is -5.60. The van der Waals surface area contributed by atoms with Gasteiger partial charge in [0.05, 0.1) is 5.39 Å². The molecule has 0 radical (unpaired) electrons. The molecule has 1 aliphatic rings. The lowest BCUT2D eigenvalue weighted by Gasteiger charge is -2.38. The van der Waals surface area contributed by atoms with Gasteiger partial charge < -0.3 is 0 Å². The fourth-order valence-electron chi connectivity index (χ4n) is 5.51. The Kier molecular flexibility index (Phi) is 7.01. The lowest BCUT2D eigenvalue weighted by molar-refractivity contribution is 0.513. The number of pyridine rings is 1. The molecule has 6 nitrogen and oxygen atoms in total. The van der Waals surface area contributed by atoms with Crippen LogP contribution >= 0.6 is 0 Å². The quantitative estimate of drug-likeness (QED) is 0.351. The third-order valence-corrected chi connectivity index (χ3v) is 14.2. The Morgan fingerprint density at radius 2 is 1.62 bits per heavy atom. The van der Waals surface area contributed by atoms with E-state index in [4.69, 9.17) is 0 Å². The van der Waals surface area contributed by atoms with Gasteiger partial charge >= 0.3 is 0 Å². The van der Waals surface area contributed by atoms with Gasteiger partial charge in [-0.15, -0.1) is 5.54 Å². The van der Waals surface area contributed by atoms with Gasteiger partial charge in [0.15, 0.2) is 0 Å². The molecule has 0 saturated heterocycles. The van der Waals surface area contributed by atoms with Gasteiger partial charge in [-0.2, -0.15) is 4.98 Å². The minimum absolute atomic E-state index is 0.0322. The molecule has 1 fully saturated rings. The molecule has 0 bridgehead atoms. The molecule has 8 heteroatoms. The zero-order chi connectivity index (χ0) is 23.8. The Hall–Kier alpha value is -1.98. The van der Waals surface area contributed by atoms with E-state index in [9.17, 15) is 13.2 Å². The molecular weight excluding hydrogens is 438 g/mol. The maximum absolute atomic E-state index is 13.2. The Morgan fingerprint density at radius 1 is 1.06 bits per heavy atom. The van der Waals surface area contributed by atoms with E-state index >= 15 is 0 Å². The zero-order valence-corrected chi connectivity index (χ0v) is 22.1. The maximum atomic E-state index is 13.2.